The van der Waals surface area contributed by atoms with E-state index in [1.165, 1.54) is 12.8 Å². The zero-order valence-electron chi connectivity index (χ0n) is 11.2. The lowest BCUT2D eigenvalue weighted by Gasteiger charge is -2.08. The summed E-state index contributed by atoms with van der Waals surface area (Å²) in [6, 6.07) is 0. The molecule has 0 fully saturated rings. The molecule has 0 saturated heterocycles. The molecule has 0 bridgehead atoms. The molecule has 0 rings (SSSR count). The number of hydrogen-bond acceptors (Lipinski definition) is 5. The second-order valence-electron chi connectivity index (χ2n) is 4.33. The van der Waals surface area contributed by atoms with Crippen molar-refractivity contribution in [3.63, 3.8) is 0 Å². The fourth-order valence-electron chi connectivity index (χ4n) is 1.50. The van der Waals surface area contributed by atoms with Crippen LogP contribution in [0.4, 0.5) is 0 Å². The third kappa shape index (κ3) is 15.8. The second-order valence-corrected chi connectivity index (χ2v) is 4.33. The summed E-state index contributed by atoms with van der Waals surface area (Å²) in [4.78, 5) is 0. The van der Waals surface area contributed by atoms with Crippen LogP contribution in [0.3, 0.4) is 0 Å². The maximum absolute atomic E-state index is 8.97. The summed E-state index contributed by atoms with van der Waals surface area (Å²) in [5, 5.41) is 18.7. The van der Waals surface area contributed by atoms with E-state index in [0.29, 0.717) is 0 Å². The van der Waals surface area contributed by atoms with Gasteiger partial charge in [0.05, 0.1) is 0 Å². The molecule has 0 aliphatic rings. The summed E-state index contributed by atoms with van der Waals surface area (Å²) < 4.78 is 0. The predicted molar refractivity (Wildman–Crippen MR) is 72.9 cm³/mol. The monoisotopic (exact) mass is 246 g/mol. The van der Waals surface area contributed by atoms with Crippen LogP contribution in [0.25, 0.3) is 0 Å². The average Bonchev–Trinajstić information content (AvgIpc) is 2.30. The second kappa shape index (κ2) is 13.9. The highest BCUT2D eigenvalue weighted by Crippen LogP contribution is 1.85. The summed E-state index contributed by atoms with van der Waals surface area (Å²) in [5.41, 5.74) is 5.40. The minimum Gasteiger partial charge on any atom is -0.379 e. The molecule has 0 aliphatic carbocycles. The Kier molecular flexibility index (Phi) is 13.7. The number of nitrogens with two attached hydrogens (primary N) is 1. The number of rotatable bonds is 13. The van der Waals surface area contributed by atoms with Crippen molar-refractivity contribution in [1.82, 2.24) is 16.0 Å². The predicted octanol–water partition coefficient (Wildman–Crippen LogP) is -0.387. The van der Waals surface area contributed by atoms with Crippen molar-refractivity contribution in [1.29, 1.82) is 0 Å². The summed E-state index contributed by atoms with van der Waals surface area (Å²) in [6.07, 6.45) is 4.14. The highest BCUT2D eigenvalue weighted by Gasteiger charge is 1.93. The fraction of sp³-hybridized carbons (Fsp3) is 1.00. The van der Waals surface area contributed by atoms with E-state index in [2.05, 4.69) is 16.0 Å². The van der Waals surface area contributed by atoms with Gasteiger partial charge in [0.25, 0.3) is 0 Å². The minimum absolute atomic E-state index is 0.394. The Balaban J connectivity index is 2.89. The van der Waals surface area contributed by atoms with Crippen LogP contribution < -0.4 is 21.7 Å². The summed E-state index contributed by atoms with van der Waals surface area (Å²) in [7, 11) is 0. The van der Waals surface area contributed by atoms with Gasteiger partial charge in [0, 0.05) is 0 Å². The third-order valence-electron chi connectivity index (χ3n) is 2.48. The molecule has 0 aromatic carbocycles. The van der Waals surface area contributed by atoms with Gasteiger partial charge in [-0.2, -0.15) is 0 Å². The zero-order chi connectivity index (χ0) is 12.8. The van der Waals surface area contributed by atoms with Crippen molar-refractivity contribution in [3.05, 3.63) is 0 Å². The Morgan fingerprint density at radius 1 is 0.882 bits per heavy atom. The molecule has 0 aromatic rings. The molecular formula is C12H30N4O. The van der Waals surface area contributed by atoms with Crippen molar-refractivity contribution in [2.75, 3.05) is 39.3 Å². The first-order valence-corrected chi connectivity index (χ1v) is 6.80. The molecule has 1 atom stereocenters. The number of hydrogen-bond donors (Lipinski definition) is 5. The van der Waals surface area contributed by atoms with Crippen molar-refractivity contribution < 1.29 is 5.11 Å². The molecule has 0 spiro atoms. The van der Waals surface area contributed by atoms with Crippen LogP contribution in [0, 0.1) is 0 Å². The van der Waals surface area contributed by atoms with Gasteiger partial charge in [-0.1, -0.05) is 0 Å². The number of aliphatic hydroxyl groups excluding tert-OH is 1. The van der Waals surface area contributed by atoms with Crippen molar-refractivity contribution in [2.45, 2.75) is 38.8 Å². The first-order chi connectivity index (χ1) is 8.27. The largest absolute Gasteiger partial charge is 0.379 e. The van der Waals surface area contributed by atoms with E-state index in [1.807, 2.05) is 0 Å². The molecule has 0 amide bonds. The quantitative estimate of drug-likeness (QED) is 0.226. The van der Waals surface area contributed by atoms with E-state index >= 15 is 0 Å². The molecule has 0 saturated carbocycles. The topological polar surface area (TPSA) is 82.3 Å². The van der Waals surface area contributed by atoms with Crippen LogP contribution in [0.15, 0.2) is 0 Å². The SMILES string of the molecule is CC(O)NCCCNCCCCNCCCN. The van der Waals surface area contributed by atoms with Gasteiger partial charge in [-0.3, -0.25) is 5.32 Å². The maximum Gasteiger partial charge on any atom is 0.102 e. The van der Waals surface area contributed by atoms with Crippen LogP contribution in [0.1, 0.15) is 32.6 Å². The molecule has 0 aromatic heterocycles. The highest BCUT2D eigenvalue weighted by molar-refractivity contribution is 4.54. The van der Waals surface area contributed by atoms with Crippen LogP contribution >= 0.6 is 0 Å². The molecule has 0 aliphatic heterocycles. The van der Waals surface area contributed by atoms with Gasteiger partial charge >= 0.3 is 0 Å². The van der Waals surface area contributed by atoms with Gasteiger partial charge in [-0.25, -0.2) is 0 Å². The molecule has 104 valence electrons. The maximum atomic E-state index is 8.97. The molecule has 1 unspecified atom stereocenters. The smallest absolute Gasteiger partial charge is 0.102 e. The van der Waals surface area contributed by atoms with Crippen molar-refractivity contribution >= 4 is 0 Å². The van der Waals surface area contributed by atoms with E-state index in [9.17, 15) is 0 Å². The summed E-state index contributed by atoms with van der Waals surface area (Å²) in [6.45, 7) is 7.60. The average molecular weight is 246 g/mol. The Labute approximate surface area is 106 Å². The highest BCUT2D eigenvalue weighted by atomic mass is 16.3. The zero-order valence-corrected chi connectivity index (χ0v) is 11.2. The first-order valence-electron chi connectivity index (χ1n) is 6.80. The lowest BCUT2D eigenvalue weighted by atomic mass is 10.3. The molecule has 17 heavy (non-hydrogen) atoms. The van der Waals surface area contributed by atoms with Gasteiger partial charge in [0.15, 0.2) is 0 Å². The molecule has 5 heteroatoms. The van der Waals surface area contributed by atoms with Gasteiger partial charge in [0.1, 0.15) is 6.23 Å². The summed E-state index contributed by atoms with van der Waals surface area (Å²) >= 11 is 0. The first kappa shape index (κ1) is 16.8. The van der Waals surface area contributed by atoms with Crippen LogP contribution in [-0.2, 0) is 0 Å². The van der Waals surface area contributed by atoms with E-state index in [-0.39, 0.29) is 0 Å². The molecule has 5 nitrogen and oxygen atoms in total. The minimum atomic E-state index is -0.394. The van der Waals surface area contributed by atoms with Gasteiger partial charge in [0.2, 0.25) is 0 Å². The van der Waals surface area contributed by atoms with E-state index in [4.69, 9.17) is 10.8 Å². The fourth-order valence-corrected chi connectivity index (χ4v) is 1.50. The van der Waals surface area contributed by atoms with E-state index in [1.54, 1.807) is 6.92 Å². The van der Waals surface area contributed by atoms with Crippen molar-refractivity contribution in [3.8, 4) is 0 Å². The van der Waals surface area contributed by atoms with Gasteiger partial charge < -0.3 is 21.5 Å². The number of aliphatic hydroxyl groups is 1. The normalized spacial score (nSPS) is 12.9. The molecule has 0 radical (unpaired) electrons. The van der Waals surface area contributed by atoms with E-state index in [0.717, 1.165) is 52.1 Å². The molecule has 0 heterocycles. The molecular weight excluding hydrogens is 216 g/mol. The van der Waals surface area contributed by atoms with Gasteiger partial charge in [-0.15, -0.1) is 0 Å². The van der Waals surface area contributed by atoms with E-state index < -0.39 is 6.23 Å². The Hall–Kier alpha value is -0.200. The van der Waals surface area contributed by atoms with Crippen LogP contribution in [0.5, 0.6) is 0 Å². The van der Waals surface area contributed by atoms with Crippen molar-refractivity contribution in [2.24, 2.45) is 5.73 Å². The Morgan fingerprint density at radius 3 is 1.94 bits per heavy atom. The lowest BCUT2D eigenvalue weighted by Crippen LogP contribution is -2.29. The Morgan fingerprint density at radius 2 is 1.41 bits per heavy atom. The third-order valence-corrected chi connectivity index (χ3v) is 2.48. The standard InChI is InChI=1S/C12H30N4O/c1-12(17)16-11-5-10-15-8-3-2-7-14-9-4-6-13/h12,14-17H,2-11,13H2,1H3. The number of nitrogens with one attached hydrogen (secondary N) is 3. The molecule has 6 N–H and O–H groups in total. The number of unbranched alkanes of at least 4 members (excludes halogenated alkanes) is 1. The summed E-state index contributed by atoms with van der Waals surface area (Å²) in [5.74, 6) is 0. The Bertz CT molecular complexity index is 144. The van der Waals surface area contributed by atoms with Crippen LogP contribution in [0.2, 0.25) is 0 Å². The van der Waals surface area contributed by atoms with Gasteiger partial charge in [-0.05, 0) is 71.9 Å². The lowest BCUT2D eigenvalue weighted by molar-refractivity contribution is 0.156. The van der Waals surface area contributed by atoms with Crippen LogP contribution in [-0.4, -0.2) is 50.6 Å².